The molecule has 0 aliphatic heterocycles. The molecule has 2 heteroatoms. The van der Waals surface area contributed by atoms with Gasteiger partial charge in [-0.1, -0.05) is 49.2 Å². The van der Waals surface area contributed by atoms with Crippen molar-refractivity contribution in [2.24, 2.45) is 0 Å². The lowest BCUT2D eigenvalue weighted by atomic mass is 9.92. The van der Waals surface area contributed by atoms with Gasteiger partial charge in [-0.3, -0.25) is 0 Å². The molecule has 21 heavy (non-hydrogen) atoms. The van der Waals surface area contributed by atoms with E-state index in [1.54, 1.807) is 7.11 Å². The van der Waals surface area contributed by atoms with Crippen LogP contribution in [0.1, 0.15) is 31.2 Å². The summed E-state index contributed by atoms with van der Waals surface area (Å²) in [6, 6.07) is 16.6. The summed E-state index contributed by atoms with van der Waals surface area (Å²) in [6.07, 6.45) is 4.96. The van der Waals surface area contributed by atoms with Crippen molar-refractivity contribution in [3.05, 3.63) is 54.1 Å². The van der Waals surface area contributed by atoms with Crippen LogP contribution in [0.25, 0.3) is 11.1 Å². The van der Waals surface area contributed by atoms with Gasteiger partial charge in [-0.25, -0.2) is 0 Å². The van der Waals surface area contributed by atoms with Crippen molar-refractivity contribution >= 4 is 0 Å². The van der Waals surface area contributed by atoms with Crippen LogP contribution < -0.4 is 4.74 Å². The summed E-state index contributed by atoms with van der Waals surface area (Å²) in [5.74, 6) is 0.874. The molecule has 110 valence electrons. The monoisotopic (exact) mass is 282 g/mol. The molecule has 0 radical (unpaired) electrons. The van der Waals surface area contributed by atoms with E-state index >= 15 is 0 Å². The van der Waals surface area contributed by atoms with Gasteiger partial charge in [0.15, 0.2) is 0 Å². The Bertz CT molecular complexity index is 578. The van der Waals surface area contributed by atoms with E-state index in [4.69, 9.17) is 4.74 Å². The van der Waals surface area contributed by atoms with Gasteiger partial charge in [-0.15, -0.1) is 0 Å². The second-order valence-electron chi connectivity index (χ2n) is 6.03. The minimum atomic E-state index is -0.471. The van der Waals surface area contributed by atoms with Crippen molar-refractivity contribution in [3.63, 3.8) is 0 Å². The van der Waals surface area contributed by atoms with Crippen LogP contribution in [0.15, 0.2) is 48.5 Å². The molecule has 1 aliphatic rings. The van der Waals surface area contributed by atoms with Gasteiger partial charge in [0.2, 0.25) is 0 Å². The topological polar surface area (TPSA) is 29.5 Å². The third-order valence-corrected chi connectivity index (χ3v) is 4.44. The van der Waals surface area contributed by atoms with Gasteiger partial charge in [-0.2, -0.15) is 0 Å². The molecule has 0 heterocycles. The van der Waals surface area contributed by atoms with Crippen molar-refractivity contribution in [3.8, 4) is 16.9 Å². The predicted molar refractivity (Wildman–Crippen MR) is 85.6 cm³/mol. The Hall–Kier alpha value is -1.80. The number of rotatable bonds is 4. The van der Waals surface area contributed by atoms with E-state index in [-0.39, 0.29) is 0 Å². The third kappa shape index (κ3) is 3.27. The van der Waals surface area contributed by atoms with Gasteiger partial charge in [0.1, 0.15) is 5.75 Å². The molecule has 0 unspecified atom stereocenters. The van der Waals surface area contributed by atoms with Gasteiger partial charge in [-0.05, 0) is 41.7 Å². The zero-order valence-corrected chi connectivity index (χ0v) is 12.5. The average Bonchev–Trinajstić information content (AvgIpc) is 2.94. The summed E-state index contributed by atoms with van der Waals surface area (Å²) in [5, 5.41) is 10.5. The number of hydrogen-bond acceptors (Lipinski definition) is 2. The summed E-state index contributed by atoms with van der Waals surface area (Å²) in [7, 11) is 1.68. The number of benzene rings is 2. The van der Waals surface area contributed by atoms with Gasteiger partial charge in [0.05, 0.1) is 12.7 Å². The lowest BCUT2D eigenvalue weighted by Crippen LogP contribution is -2.26. The predicted octanol–water partition coefficient (Wildman–Crippen LogP) is 4.21. The van der Waals surface area contributed by atoms with E-state index in [0.29, 0.717) is 0 Å². The molecule has 0 amide bonds. The molecular formula is C19H22O2. The smallest absolute Gasteiger partial charge is 0.118 e. The quantitative estimate of drug-likeness (QED) is 0.910. The molecule has 2 nitrogen and oxygen atoms in total. The van der Waals surface area contributed by atoms with E-state index in [1.807, 2.05) is 12.1 Å². The normalized spacial score (nSPS) is 16.9. The first-order valence-corrected chi connectivity index (χ1v) is 7.64. The first-order chi connectivity index (χ1) is 10.2. The van der Waals surface area contributed by atoms with Gasteiger partial charge < -0.3 is 9.84 Å². The second-order valence-corrected chi connectivity index (χ2v) is 6.03. The zero-order valence-electron chi connectivity index (χ0n) is 12.5. The largest absolute Gasteiger partial charge is 0.497 e. The van der Waals surface area contributed by atoms with E-state index in [0.717, 1.165) is 37.9 Å². The maximum absolute atomic E-state index is 10.5. The highest BCUT2D eigenvalue weighted by Crippen LogP contribution is 2.33. The van der Waals surface area contributed by atoms with Crippen molar-refractivity contribution < 1.29 is 9.84 Å². The standard InChI is InChI=1S/C19H22O2/c1-21-18-10-8-17(9-11-18)16-6-4-15(5-7-16)14-19(20)12-2-3-13-19/h4-11,20H,2-3,12-14H2,1H3. The van der Waals surface area contributed by atoms with E-state index < -0.39 is 5.60 Å². The summed E-state index contributed by atoms with van der Waals surface area (Å²) in [4.78, 5) is 0. The minimum absolute atomic E-state index is 0.471. The molecule has 2 aromatic rings. The molecule has 0 bridgehead atoms. The van der Waals surface area contributed by atoms with Crippen LogP contribution in [-0.2, 0) is 6.42 Å². The van der Waals surface area contributed by atoms with Crippen LogP contribution in [0.2, 0.25) is 0 Å². The Morgan fingerprint density at radius 1 is 0.905 bits per heavy atom. The van der Waals surface area contributed by atoms with E-state index in [1.165, 1.54) is 16.7 Å². The number of methoxy groups -OCH3 is 1. The zero-order chi connectivity index (χ0) is 14.7. The number of ether oxygens (including phenoxy) is 1. The lowest BCUT2D eigenvalue weighted by molar-refractivity contribution is 0.0482. The summed E-state index contributed by atoms with van der Waals surface area (Å²) >= 11 is 0. The Labute approximate surface area is 126 Å². The Morgan fingerprint density at radius 2 is 1.43 bits per heavy atom. The first kappa shape index (κ1) is 14.2. The summed E-state index contributed by atoms with van der Waals surface area (Å²) < 4.78 is 5.18. The molecule has 1 N–H and O–H groups in total. The first-order valence-electron chi connectivity index (χ1n) is 7.64. The van der Waals surface area contributed by atoms with Gasteiger partial charge in [0, 0.05) is 6.42 Å². The van der Waals surface area contributed by atoms with E-state index in [2.05, 4.69) is 36.4 Å². The summed E-state index contributed by atoms with van der Waals surface area (Å²) in [6.45, 7) is 0. The molecule has 0 spiro atoms. The summed E-state index contributed by atoms with van der Waals surface area (Å²) in [5.41, 5.74) is 3.13. The molecule has 2 aromatic carbocycles. The van der Waals surface area contributed by atoms with Crippen LogP contribution >= 0.6 is 0 Å². The van der Waals surface area contributed by atoms with Crippen molar-refractivity contribution in [1.82, 2.24) is 0 Å². The molecule has 0 atom stereocenters. The maximum atomic E-state index is 10.5. The SMILES string of the molecule is COc1ccc(-c2ccc(CC3(O)CCCC3)cc2)cc1. The Kier molecular flexibility index (Phi) is 3.98. The van der Waals surface area contributed by atoms with E-state index in [9.17, 15) is 5.11 Å². The number of hydrogen-bond donors (Lipinski definition) is 1. The molecule has 1 fully saturated rings. The molecule has 1 aliphatic carbocycles. The van der Waals surface area contributed by atoms with Crippen molar-refractivity contribution in [1.29, 1.82) is 0 Å². The van der Waals surface area contributed by atoms with Gasteiger partial charge >= 0.3 is 0 Å². The fourth-order valence-corrected chi connectivity index (χ4v) is 3.19. The fraction of sp³-hybridized carbons (Fsp3) is 0.368. The molecule has 1 saturated carbocycles. The minimum Gasteiger partial charge on any atom is -0.497 e. The number of aliphatic hydroxyl groups is 1. The molecule has 0 saturated heterocycles. The van der Waals surface area contributed by atoms with Crippen LogP contribution in [0, 0.1) is 0 Å². The van der Waals surface area contributed by atoms with Crippen LogP contribution in [0.3, 0.4) is 0 Å². The average molecular weight is 282 g/mol. The van der Waals surface area contributed by atoms with Crippen LogP contribution in [0.5, 0.6) is 5.75 Å². The highest BCUT2D eigenvalue weighted by molar-refractivity contribution is 5.64. The Morgan fingerprint density at radius 3 is 1.95 bits per heavy atom. The lowest BCUT2D eigenvalue weighted by Gasteiger charge is -2.22. The molecule has 0 aromatic heterocycles. The van der Waals surface area contributed by atoms with Crippen LogP contribution in [-0.4, -0.2) is 17.8 Å². The maximum Gasteiger partial charge on any atom is 0.118 e. The fourth-order valence-electron chi connectivity index (χ4n) is 3.19. The van der Waals surface area contributed by atoms with Crippen molar-refractivity contribution in [2.75, 3.05) is 7.11 Å². The second kappa shape index (κ2) is 5.90. The molecular weight excluding hydrogens is 260 g/mol. The molecule has 3 rings (SSSR count). The van der Waals surface area contributed by atoms with Crippen LogP contribution in [0.4, 0.5) is 0 Å². The Balaban J connectivity index is 1.73. The highest BCUT2D eigenvalue weighted by atomic mass is 16.5. The van der Waals surface area contributed by atoms with Gasteiger partial charge in [0.25, 0.3) is 0 Å². The third-order valence-electron chi connectivity index (χ3n) is 4.44. The highest BCUT2D eigenvalue weighted by Gasteiger charge is 2.30. The van der Waals surface area contributed by atoms with Crippen molar-refractivity contribution in [2.45, 2.75) is 37.7 Å².